The van der Waals surface area contributed by atoms with Gasteiger partial charge in [-0.3, -0.25) is 9.59 Å². The third-order valence-electron chi connectivity index (χ3n) is 2.71. The lowest BCUT2D eigenvalue weighted by Gasteiger charge is -1.98. The van der Waals surface area contributed by atoms with E-state index in [-0.39, 0.29) is 5.91 Å². The minimum atomic E-state index is -0.423. The average molecular weight is 286 g/mol. The molecule has 0 aliphatic rings. The zero-order chi connectivity index (χ0) is 15.8. The van der Waals surface area contributed by atoms with Crippen LogP contribution in [0.25, 0.3) is 0 Å². The van der Waals surface area contributed by atoms with Crippen molar-refractivity contribution in [1.82, 2.24) is 0 Å². The van der Waals surface area contributed by atoms with Crippen LogP contribution in [-0.4, -0.2) is 18.9 Å². The highest BCUT2D eigenvalue weighted by Crippen LogP contribution is 2.10. The van der Waals surface area contributed by atoms with E-state index < -0.39 is 5.91 Å². The molecule has 0 atom stereocenters. The van der Waals surface area contributed by atoms with Crippen molar-refractivity contribution in [2.75, 3.05) is 7.11 Å². The van der Waals surface area contributed by atoms with Crippen molar-refractivity contribution in [3.8, 4) is 5.75 Å². The van der Waals surface area contributed by atoms with E-state index in [0.29, 0.717) is 11.1 Å². The molecule has 2 aromatic rings. The molecule has 2 amide bonds. The molecule has 110 valence electrons. The van der Waals surface area contributed by atoms with E-state index in [1.54, 1.807) is 43.5 Å². The lowest BCUT2D eigenvalue weighted by atomic mass is 10.1. The molecule has 0 fully saturated rings. The molecule has 5 nitrogen and oxygen atoms in total. The molecule has 0 saturated carbocycles. The van der Waals surface area contributed by atoms with E-state index in [4.69, 9.17) is 16.2 Å². The first-order chi connectivity index (χ1) is 9.93. The second kappa shape index (κ2) is 7.69. The maximum Gasteiger partial charge on any atom is 0.248 e. The number of nitrogens with two attached hydrogens (primary N) is 2. The van der Waals surface area contributed by atoms with Crippen LogP contribution in [0.2, 0.25) is 0 Å². The summed E-state index contributed by atoms with van der Waals surface area (Å²) < 4.78 is 4.90. The van der Waals surface area contributed by atoms with E-state index >= 15 is 0 Å². The highest BCUT2D eigenvalue weighted by atomic mass is 16.5. The van der Waals surface area contributed by atoms with Crippen LogP contribution in [0.1, 0.15) is 26.3 Å². The predicted octanol–water partition coefficient (Wildman–Crippen LogP) is 1.89. The Morgan fingerprint density at radius 2 is 1.19 bits per heavy atom. The van der Waals surface area contributed by atoms with Gasteiger partial charge in [0.2, 0.25) is 11.8 Å². The number of methoxy groups -OCH3 is 1. The fourth-order valence-electron chi connectivity index (χ4n) is 1.47. The summed E-state index contributed by atoms with van der Waals surface area (Å²) in [4.78, 5) is 21.1. The molecule has 4 N–H and O–H groups in total. The van der Waals surface area contributed by atoms with Crippen molar-refractivity contribution in [2.45, 2.75) is 6.92 Å². The highest BCUT2D eigenvalue weighted by molar-refractivity contribution is 5.93. The first kappa shape index (κ1) is 16.2. The number of carbonyl (C=O) groups is 2. The molecule has 0 spiro atoms. The standard InChI is InChI=1S/C8H9NO2.C8H9NO/c1-11-7-4-2-6(3-5-7)8(9)10;1-6-2-4-7(5-3-6)8(9)10/h2-5H,1H3,(H2,9,10);2-5H,1H3,(H2,9,10). The third-order valence-corrected chi connectivity index (χ3v) is 2.71. The number of amides is 2. The molecule has 21 heavy (non-hydrogen) atoms. The molecule has 0 aromatic heterocycles. The van der Waals surface area contributed by atoms with Crippen LogP contribution >= 0.6 is 0 Å². The van der Waals surface area contributed by atoms with Gasteiger partial charge in [0, 0.05) is 11.1 Å². The van der Waals surface area contributed by atoms with E-state index in [2.05, 4.69) is 0 Å². The van der Waals surface area contributed by atoms with Crippen molar-refractivity contribution in [3.63, 3.8) is 0 Å². The summed E-state index contributed by atoms with van der Waals surface area (Å²) in [6, 6.07) is 13.8. The monoisotopic (exact) mass is 286 g/mol. The quantitative estimate of drug-likeness (QED) is 0.901. The van der Waals surface area contributed by atoms with Crippen molar-refractivity contribution in [1.29, 1.82) is 0 Å². The molecule has 0 aliphatic heterocycles. The van der Waals surface area contributed by atoms with Gasteiger partial charge in [0.1, 0.15) is 5.75 Å². The molecule has 0 aliphatic carbocycles. The van der Waals surface area contributed by atoms with Gasteiger partial charge in [-0.25, -0.2) is 0 Å². The van der Waals surface area contributed by atoms with Gasteiger partial charge in [-0.15, -0.1) is 0 Å². The summed E-state index contributed by atoms with van der Waals surface area (Å²) in [6.45, 7) is 1.96. The number of carbonyl (C=O) groups excluding carboxylic acids is 2. The lowest BCUT2D eigenvalue weighted by Crippen LogP contribution is -2.10. The normalized spacial score (nSPS) is 9.24. The van der Waals surface area contributed by atoms with Crippen LogP contribution in [-0.2, 0) is 0 Å². The van der Waals surface area contributed by atoms with Gasteiger partial charge in [-0.2, -0.15) is 0 Å². The van der Waals surface area contributed by atoms with Gasteiger partial charge in [0.05, 0.1) is 7.11 Å². The third kappa shape index (κ3) is 5.36. The van der Waals surface area contributed by atoms with Gasteiger partial charge in [-0.05, 0) is 43.3 Å². The van der Waals surface area contributed by atoms with Crippen molar-refractivity contribution in [2.24, 2.45) is 11.5 Å². The van der Waals surface area contributed by atoms with Crippen molar-refractivity contribution < 1.29 is 14.3 Å². The smallest absolute Gasteiger partial charge is 0.248 e. The fraction of sp³-hybridized carbons (Fsp3) is 0.125. The van der Waals surface area contributed by atoms with Crippen LogP contribution in [0.4, 0.5) is 0 Å². The Hall–Kier alpha value is -2.82. The molecule has 2 rings (SSSR count). The Balaban J connectivity index is 0.000000211. The number of rotatable bonds is 3. The van der Waals surface area contributed by atoms with Gasteiger partial charge < -0.3 is 16.2 Å². The molecular formula is C16H18N2O3. The Kier molecular flexibility index (Phi) is 5.95. The summed E-state index contributed by atoms with van der Waals surface area (Å²) in [5, 5.41) is 0. The van der Waals surface area contributed by atoms with Gasteiger partial charge in [0.15, 0.2) is 0 Å². The summed E-state index contributed by atoms with van der Waals surface area (Å²) in [5.41, 5.74) is 12.2. The summed E-state index contributed by atoms with van der Waals surface area (Å²) in [6.07, 6.45) is 0. The second-order valence-corrected chi connectivity index (χ2v) is 4.32. The Labute approximate surface area is 123 Å². The summed E-state index contributed by atoms with van der Waals surface area (Å²) in [7, 11) is 1.57. The number of benzene rings is 2. The first-order valence-corrected chi connectivity index (χ1v) is 6.24. The largest absolute Gasteiger partial charge is 0.497 e. The lowest BCUT2D eigenvalue weighted by molar-refractivity contribution is 0.0992. The van der Waals surface area contributed by atoms with Gasteiger partial charge in [0.25, 0.3) is 0 Å². The predicted molar refractivity (Wildman–Crippen MR) is 81.2 cm³/mol. The molecule has 0 unspecified atom stereocenters. The van der Waals surface area contributed by atoms with E-state index in [1.165, 1.54) is 0 Å². The van der Waals surface area contributed by atoms with Crippen LogP contribution < -0.4 is 16.2 Å². The van der Waals surface area contributed by atoms with E-state index in [1.807, 2.05) is 19.1 Å². The summed E-state index contributed by atoms with van der Waals surface area (Å²) in [5.74, 6) is -0.0809. The number of aryl methyl sites for hydroxylation is 1. The van der Waals surface area contributed by atoms with E-state index in [9.17, 15) is 9.59 Å². The zero-order valence-corrected chi connectivity index (χ0v) is 12.0. The maximum absolute atomic E-state index is 10.6. The molecule has 2 aromatic carbocycles. The summed E-state index contributed by atoms with van der Waals surface area (Å²) >= 11 is 0. The molecular weight excluding hydrogens is 268 g/mol. The van der Waals surface area contributed by atoms with Crippen LogP contribution in [0.15, 0.2) is 48.5 Å². The Bertz CT molecular complexity index is 604. The fourth-order valence-corrected chi connectivity index (χ4v) is 1.47. The Morgan fingerprint density at radius 1 is 0.810 bits per heavy atom. The first-order valence-electron chi connectivity index (χ1n) is 6.24. The SMILES string of the molecule is COc1ccc(C(N)=O)cc1.Cc1ccc(C(N)=O)cc1. The minimum absolute atomic E-state index is 0.375. The van der Waals surface area contributed by atoms with Crippen LogP contribution in [0, 0.1) is 6.92 Å². The molecule has 0 bridgehead atoms. The van der Waals surface area contributed by atoms with Gasteiger partial charge in [-0.1, -0.05) is 17.7 Å². The van der Waals surface area contributed by atoms with Crippen LogP contribution in [0.3, 0.4) is 0 Å². The van der Waals surface area contributed by atoms with Gasteiger partial charge >= 0.3 is 0 Å². The van der Waals surface area contributed by atoms with Crippen molar-refractivity contribution >= 4 is 11.8 Å². The number of hydrogen-bond acceptors (Lipinski definition) is 3. The highest BCUT2D eigenvalue weighted by Gasteiger charge is 1.98. The topological polar surface area (TPSA) is 95.4 Å². The average Bonchev–Trinajstić information content (AvgIpc) is 2.48. The molecule has 0 saturated heterocycles. The van der Waals surface area contributed by atoms with Crippen LogP contribution in [0.5, 0.6) is 5.75 Å². The molecule has 0 heterocycles. The van der Waals surface area contributed by atoms with Crippen molar-refractivity contribution in [3.05, 3.63) is 65.2 Å². The maximum atomic E-state index is 10.6. The number of primary amides is 2. The minimum Gasteiger partial charge on any atom is -0.497 e. The Morgan fingerprint density at radius 3 is 1.52 bits per heavy atom. The van der Waals surface area contributed by atoms with E-state index in [0.717, 1.165) is 11.3 Å². The molecule has 0 radical (unpaired) electrons. The number of ether oxygens (including phenoxy) is 1. The number of hydrogen-bond donors (Lipinski definition) is 2. The molecule has 5 heteroatoms. The zero-order valence-electron chi connectivity index (χ0n) is 12.0. The second-order valence-electron chi connectivity index (χ2n) is 4.32.